The Balaban J connectivity index is 2.09. The van der Waals surface area contributed by atoms with E-state index in [-0.39, 0.29) is 11.9 Å². The molecule has 0 amide bonds. The van der Waals surface area contributed by atoms with E-state index in [2.05, 4.69) is 26.3 Å². The number of fused-ring (bicyclic) bond motifs is 1. The number of hydrogen-bond donors (Lipinski definition) is 2. The van der Waals surface area contributed by atoms with Crippen LogP contribution in [-0.2, 0) is 0 Å². The van der Waals surface area contributed by atoms with Crippen molar-refractivity contribution < 1.29 is 4.39 Å². The molecule has 0 spiro atoms. The highest BCUT2D eigenvalue weighted by molar-refractivity contribution is 9.10. The summed E-state index contributed by atoms with van der Waals surface area (Å²) in [7, 11) is 0. The standard InChI is InChI=1S/C16H13BrFN3/c17-14-9-12(18)5-6-13(14)16(21-19)11-4-3-10-2-1-7-20-15(10)8-11/h1-9,16,21H,19H2. The summed E-state index contributed by atoms with van der Waals surface area (Å²) in [5, 5.41) is 1.06. The summed E-state index contributed by atoms with van der Waals surface area (Å²) in [6, 6.07) is 14.2. The maximum Gasteiger partial charge on any atom is 0.124 e. The number of hydrazine groups is 1. The van der Waals surface area contributed by atoms with Crippen molar-refractivity contribution >= 4 is 26.8 Å². The molecule has 3 nitrogen and oxygen atoms in total. The predicted molar refractivity (Wildman–Crippen MR) is 85.0 cm³/mol. The highest BCUT2D eigenvalue weighted by Gasteiger charge is 2.16. The Morgan fingerprint density at radius 2 is 2.00 bits per heavy atom. The van der Waals surface area contributed by atoms with Crippen LogP contribution in [0.15, 0.2) is 59.2 Å². The van der Waals surface area contributed by atoms with Crippen molar-refractivity contribution in [2.75, 3.05) is 0 Å². The zero-order chi connectivity index (χ0) is 14.8. The fourth-order valence-corrected chi connectivity index (χ4v) is 2.94. The molecule has 0 bridgehead atoms. The molecule has 0 saturated heterocycles. The van der Waals surface area contributed by atoms with Gasteiger partial charge in [0.1, 0.15) is 5.82 Å². The van der Waals surface area contributed by atoms with Gasteiger partial charge in [0.2, 0.25) is 0 Å². The van der Waals surface area contributed by atoms with E-state index in [1.54, 1.807) is 12.3 Å². The summed E-state index contributed by atoms with van der Waals surface area (Å²) < 4.78 is 13.9. The van der Waals surface area contributed by atoms with Crippen molar-refractivity contribution in [2.24, 2.45) is 5.84 Å². The van der Waals surface area contributed by atoms with Gasteiger partial charge in [-0.25, -0.2) is 9.82 Å². The summed E-state index contributed by atoms with van der Waals surface area (Å²) in [5.41, 5.74) is 5.51. The molecular formula is C16H13BrFN3. The molecule has 3 rings (SSSR count). The monoisotopic (exact) mass is 345 g/mol. The highest BCUT2D eigenvalue weighted by atomic mass is 79.9. The number of hydrogen-bond acceptors (Lipinski definition) is 3. The van der Waals surface area contributed by atoms with Gasteiger partial charge < -0.3 is 0 Å². The second-order valence-electron chi connectivity index (χ2n) is 4.72. The zero-order valence-electron chi connectivity index (χ0n) is 11.1. The summed E-state index contributed by atoms with van der Waals surface area (Å²) in [6.45, 7) is 0. The largest absolute Gasteiger partial charge is 0.271 e. The van der Waals surface area contributed by atoms with Crippen LogP contribution in [0.1, 0.15) is 17.2 Å². The third kappa shape index (κ3) is 2.81. The predicted octanol–water partition coefficient (Wildman–Crippen LogP) is 3.69. The van der Waals surface area contributed by atoms with E-state index < -0.39 is 0 Å². The van der Waals surface area contributed by atoms with Gasteiger partial charge in [0.15, 0.2) is 0 Å². The van der Waals surface area contributed by atoms with Crippen molar-refractivity contribution in [3.63, 3.8) is 0 Å². The van der Waals surface area contributed by atoms with Gasteiger partial charge in [-0.3, -0.25) is 10.8 Å². The van der Waals surface area contributed by atoms with Crippen molar-refractivity contribution in [1.29, 1.82) is 0 Å². The number of nitrogens with zero attached hydrogens (tertiary/aromatic N) is 1. The Kier molecular flexibility index (Phi) is 3.96. The minimum Gasteiger partial charge on any atom is -0.271 e. The van der Waals surface area contributed by atoms with E-state index >= 15 is 0 Å². The first-order valence-corrected chi connectivity index (χ1v) is 7.24. The highest BCUT2D eigenvalue weighted by Crippen LogP contribution is 2.30. The molecule has 21 heavy (non-hydrogen) atoms. The van der Waals surface area contributed by atoms with Gasteiger partial charge >= 0.3 is 0 Å². The molecule has 3 N–H and O–H groups in total. The number of nitrogens with one attached hydrogen (secondary N) is 1. The molecule has 2 aromatic carbocycles. The van der Waals surface area contributed by atoms with Crippen molar-refractivity contribution in [1.82, 2.24) is 10.4 Å². The van der Waals surface area contributed by atoms with E-state index in [0.29, 0.717) is 4.47 Å². The Bertz CT molecular complexity index is 791. The molecule has 0 aliphatic carbocycles. The topological polar surface area (TPSA) is 50.9 Å². The first kappa shape index (κ1) is 14.1. The van der Waals surface area contributed by atoms with Crippen LogP contribution < -0.4 is 11.3 Å². The van der Waals surface area contributed by atoms with E-state index in [1.807, 2.05) is 30.3 Å². The lowest BCUT2D eigenvalue weighted by molar-refractivity contribution is 0.613. The number of aromatic nitrogens is 1. The SMILES string of the molecule is NNC(c1ccc2cccnc2c1)c1ccc(F)cc1Br. The number of pyridine rings is 1. The smallest absolute Gasteiger partial charge is 0.124 e. The minimum atomic E-state index is -0.290. The lowest BCUT2D eigenvalue weighted by atomic mass is 9.98. The summed E-state index contributed by atoms with van der Waals surface area (Å²) in [4.78, 5) is 4.35. The molecule has 1 heterocycles. The van der Waals surface area contributed by atoms with Gasteiger partial charge in [-0.05, 0) is 35.4 Å². The molecule has 1 atom stereocenters. The minimum absolute atomic E-state index is 0.244. The second kappa shape index (κ2) is 5.89. The van der Waals surface area contributed by atoms with Crippen LogP contribution in [0.3, 0.4) is 0 Å². The molecule has 0 aliphatic heterocycles. The molecule has 106 valence electrons. The van der Waals surface area contributed by atoms with Crippen LogP contribution in [0, 0.1) is 5.82 Å². The molecule has 3 aromatic rings. The van der Waals surface area contributed by atoms with Gasteiger partial charge in [0.25, 0.3) is 0 Å². The summed E-state index contributed by atoms with van der Waals surface area (Å²) in [5.74, 6) is 5.41. The summed E-state index contributed by atoms with van der Waals surface area (Å²) in [6.07, 6.45) is 1.75. The summed E-state index contributed by atoms with van der Waals surface area (Å²) >= 11 is 3.38. The van der Waals surface area contributed by atoms with Gasteiger partial charge in [0, 0.05) is 16.1 Å². The van der Waals surface area contributed by atoms with Crippen molar-refractivity contribution in [3.8, 4) is 0 Å². The Hall–Kier alpha value is -1.82. The Morgan fingerprint density at radius 1 is 1.14 bits per heavy atom. The number of benzene rings is 2. The molecule has 0 fully saturated rings. The fraction of sp³-hybridized carbons (Fsp3) is 0.0625. The molecule has 1 unspecified atom stereocenters. The average molecular weight is 346 g/mol. The van der Waals surface area contributed by atoms with Gasteiger partial charge in [-0.2, -0.15) is 0 Å². The van der Waals surface area contributed by atoms with Crippen LogP contribution in [-0.4, -0.2) is 4.98 Å². The van der Waals surface area contributed by atoms with E-state index in [4.69, 9.17) is 5.84 Å². The average Bonchev–Trinajstić information content (AvgIpc) is 2.50. The molecule has 1 aromatic heterocycles. The lowest BCUT2D eigenvalue weighted by Crippen LogP contribution is -2.29. The van der Waals surface area contributed by atoms with E-state index in [9.17, 15) is 4.39 Å². The molecule has 0 radical (unpaired) electrons. The Labute approximate surface area is 130 Å². The molecule has 0 aliphatic rings. The first-order chi connectivity index (χ1) is 10.2. The van der Waals surface area contributed by atoms with Gasteiger partial charge in [-0.1, -0.05) is 40.2 Å². The molecular weight excluding hydrogens is 333 g/mol. The van der Waals surface area contributed by atoms with Crippen molar-refractivity contribution in [2.45, 2.75) is 6.04 Å². The van der Waals surface area contributed by atoms with Gasteiger partial charge in [0.05, 0.1) is 11.6 Å². The first-order valence-electron chi connectivity index (χ1n) is 6.45. The quantitative estimate of drug-likeness (QED) is 0.562. The normalized spacial score (nSPS) is 12.5. The van der Waals surface area contributed by atoms with Crippen LogP contribution in [0.2, 0.25) is 0 Å². The van der Waals surface area contributed by atoms with Crippen LogP contribution in [0.25, 0.3) is 10.9 Å². The number of halogens is 2. The number of nitrogens with two attached hydrogens (primary N) is 1. The number of rotatable bonds is 3. The Morgan fingerprint density at radius 3 is 2.76 bits per heavy atom. The molecule has 5 heteroatoms. The van der Waals surface area contributed by atoms with Crippen molar-refractivity contribution in [3.05, 3.63) is 76.1 Å². The zero-order valence-corrected chi connectivity index (χ0v) is 12.6. The molecule has 0 saturated carbocycles. The lowest BCUT2D eigenvalue weighted by Gasteiger charge is -2.18. The third-order valence-electron chi connectivity index (χ3n) is 3.40. The second-order valence-corrected chi connectivity index (χ2v) is 5.58. The van der Waals surface area contributed by atoms with Crippen LogP contribution in [0.4, 0.5) is 4.39 Å². The third-order valence-corrected chi connectivity index (χ3v) is 4.09. The fourth-order valence-electron chi connectivity index (χ4n) is 2.36. The van der Waals surface area contributed by atoms with E-state index in [0.717, 1.165) is 22.0 Å². The van der Waals surface area contributed by atoms with Crippen LogP contribution >= 0.6 is 15.9 Å². The maximum atomic E-state index is 13.2. The van der Waals surface area contributed by atoms with Gasteiger partial charge in [-0.15, -0.1) is 0 Å². The van der Waals surface area contributed by atoms with Crippen LogP contribution in [0.5, 0.6) is 0 Å². The van der Waals surface area contributed by atoms with E-state index in [1.165, 1.54) is 12.1 Å². The maximum absolute atomic E-state index is 13.2.